The number of carbonyl (C=O) groups is 2. The van der Waals surface area contributed by atoms with Gasteiger partial charge in [0.15, 0.2) is 0 Å². The molecule has 0 aromatic carbocycles. The van der Waals surface area contributed by atoms with Crippen LogP contribution < -0.4 is 10.5 Å². The summed E-state index contributed by atoms with van der Waals surface area (Å²) in [5.41, 5.74) is -0.315. The maximum atomic E-state index is 11.6. The monoisotopic (exact) mass is 225 g/mol. The lowest BCUT2D eigenvalue weighted by Gasteiger charge is -2.12. The van der Waals surface area contributed by atoms with Crippen LogP contribution in [-0.4, -0.2) is 35.7 Å². The van der Waals surface area contributed by atoms with E-state index in [9.17, 15) is 14.4 Å². The number of hydrogen-bond donors (Lipinski definition) is 2. The third-order valence-electron chi connectivity index (χ3n) is 2.53. The number of H-pyrrole nitrogens is 2. The normalized spacial score (nSPS) is 20.2. The Morgan fingerprint density at radius 3 is 2.81 bits per heavy atom. The van der Waals surface area contributed by atoms with Crippen molar-refractivity contribution in [2.24, 2.45) is 5.92 Å². The van der Waals surface area contributed by atoms with Gasteiger partial charge in [-0.2, -0.15) is 0 Å². The lowest BCUT2D eigenvalue weighted by atomic mass is 10.1. The second-order valence-corrected chi connectivity index (χ2v) is 3.57. The summed E-state index contributed by atoms with van der Waals surface area (Å²) >= 11 is 0. The van der Waals surface area contributed by atoms with E-state index in [0.29, 0.717) is 5.82 Å². The number of rotatable bonds is 2. The molecule has 1 aromatic heterocycles. The van der Waals surface area contributed by atoms with Crippen molar-refractivity contribution >= 4 is 17.7 Å². The first-order valence-electron chi connectivity index (χ1n) is 4.77. The minimum atomic E-state index is -0.462. The van der Waals surface area contributed by atoms with Crippen molar-refractivity contribution in [3.63, 3.8) is 0 Å². The van der Waals surface area contributed by atoms with Gasteiger partial charge in [-0.3, -0.25) is 29.5 Å². The van der Waals surface area contributed by atoms with E-state index in [1.54, 1.807) is 0 Å². The zero-order chi connectivity index (χ0) is 11.7. The summed E-state index contributed by atoms with van der Waals surface area (Å²) in [5.74, 6) is -0.698. The second kappa shape index (κ2) is 3.84. The Morgan fingerprint density at radius 2 is 2.25 bits per heavy atom. The van der Waals surface area contributed by atoms with Gasteiger partial charge in [-0.15, -0.1) is 0 Å². The van der Waals surface area contributed by atoms with Crippen LogP contribution in [0.4, 0.5) is 5.82 Å². The molecule has 0 saturated carbocycles. The van der Waals surface area contributed by atoms with Crippen LogP contribution in [0.5, 0.6) is 0 Å². The molecule has 0 spiro atoms. The standard InChI is InChI=1S/C9H11N3O4/c1-16-9(15)5-2-8(14)12(4-5)6-3-7(13)11-10-6/h3,5H,2,4H2,1H3,(H2,10,11,13). The van der Waals surface area contributed by atoms with Crippen molar-refractivity contribution in [1.82, 2.24) is 10.2 Å². The highest BCUT2D eigenvalue weighted by atomic mass is 16.5. The number of ether oxygens (including phenoxy) is 1. The van der Waals surface area contributed by atoms with Crippen molar-refractivity contribution in [3.05, 3.63) is 16.4 Å². The molecular weight excluding hydrogens is 214 g/mol. The van der Waals surface area contributed by atoms with Crippen LogP contribution in [0.2, 0.25) is 0 Å². The number of hydrogen-bond acceptors (Lipinski definition) is 4. The number of amides is 1. The van der Waals surface area contributed by atoms with Gasteiger partial charge in [0.1, 0.15) is 5.82 Å². The molecule has 1 aliphatic heterocycles. The van der Waals surface area contributed by atoms with Gasteiger partial charge in [0, 0.05) is 19.0 Å². The van der Waals surface area contributed by atoms with Crippen LogP contribution in [0.25, 0.3) is 0 Å². The Balaban J connectivity index is 2.17. The van der Waals surface area contributed by atoms with Crippen molar-refractivity contribution in [2.45, 2.75) is 6.42 Å². The van der Waals surface area contributed by atoms with E-state index >= 15 is 0 Å². The Labute approximate surface area is 90.4 Å². The molecule has 86 valence electrons. The van der Waals surface area contributed by atoms with Crippen molar-refractivity contribution in [3.8, 4) is 0 Å². The predicted molar refractivity (Wildman–Crippen MR) is 53.9 cm³/mol. The SMILES string of the molecule is COC(=O)C1CC(=O)N(c2cc(=O)[nH][nH]2)C1. The highest BCUT2D eigenvalue weighted by Gasteiger charge is 2.36. The van der Waals surface area contributed by atoms with Crippen LogP contribution >= 0.6 is 0 Å². The number of nitrogens with one attached hydrogen (secondary N) is 2. The maximum Gasteiger partial charge on any atom is 0.311 e. The molecular formula is C9H11N3O4. The van der Waals surface area contributed by atoms with Crippen LogP contribution in [-0.2, 0) is 14.3 Å². The summed E-state index contributed by atoms with van der Waals surface area (Å²) in [7, 11) is 1.29. The molecule has 1 unspecified atom stereocenters. The maximum absolute atomic E-state index is 11.6. The molecule has 7 nitrogen and oxygen atoms in total. The fourth-order valence-electron chi connectivity index (χ4n) is 1.73. The molecule has 0 aliphatic carbocycles. The van der Waals surface area contributed by atoms with Crippen molar-refractivity contribution in [1.29, 1.82) is 0 Å². The number of anilines is 1. The molecule has 1 amide bonds. The summed E-state index contributed by atoms with van der Waals surface area (Å²) in [6.07, 6.45) is 0.111. The van der Waals surface area contributed by atoms with E-state index < -0.39 is 11.9 Å². The summed E-state index contributed by atoms with van der Waals surface area (Å²) in [6.45, 7) is 0.235. The van der Waals surface area contributed by atoms with E-state index in [1.807, 2.05) is 0 Å². The van der Waals surface area contributed by atoms with Gasteiger partial charge in [0.05, 0.1) is 13.0 Å². The summed E-state index contributed by atoms with van der Waals surface area (Å²) in [6, 6.07) is 1.28. The molecule has 2 rings (SSSR count). The minimum Gasteiger partial charge on any atom is -0.469 e. The minimum absolute atomic E-state index is 0.111. The molecule has 0 bridgehead atoms. The largest absolute Gasteiger partial charge is 0.469 e. The number of nitrogens with zero attached hydrogens (tertiary/aromatic N) is 1. The average molecular weight is 225 g/mol. The first-order chi connectivity index (χ1) is 7.61. The molecule has 7 heteroatoms. The molecule has 1 saturated heterocycles. The number of carbonyl (C=O) groups excluding carboxylic acids is 2. The highest BCUT2D eigenvalue weighted by molar-refractivity contribution is 5.98. The molecule has 2 N–H and O–H groups in total. The number of esters is 1. The number of aromatic amines is 2. The Kier molecular flexibility index (Phi) is 2.51. The second-order valence-electron chi connectivity index (χ2n) is 3.57. The van der Waals surface area contributed by atoms with Gasteiger partial charge < -0.3 is 4.74 Å². The fraction of sp³-hybridized carbons (Fsp3) is 0.444. The molecule has 2 heterocycles. The topological polar surface area (TPSA) is 95.3 Å². The molecule has 1 fully saturated rings. The smallest absolute Gasteiger partial charge is 0.311 e. The van der Waals surface area contributed by atoms with Gasteiger partial charge in [-0.25, -0.2) is 0 Å². The third kappa shape index (κ3) is 1.71. The Hall–Kier alpha value is -2.05. The summed E-state index contributed by atoms with van der Waals surface area (Å²) < 4.78 is 4.57. The van der Waals surface area contributed by atoms with E-state index in [1.165, 1.54) is 18.1 Å². The molecule has 1 aromatic rings. The highest BCUT2D eigenvalue weighted by Crippen LogP contribution is 2.22. The zero-order valence-electron chi connectivity index (χ0n) is 8.65. The summed E-state index contributed by atoms with van der Waals surface area (Å²) in [4.78, 5) is 35.1. The fourth-order valence-corrected chi connectivity index (χ4v) is 1.73. The van der Waals surface area contributed by atoms with Gasteiger partial charge in [-0.1, -0.05) is 0 Å². The molecule has 16 heavy (non-hydrogen) atoms. The predicted octanol–water partition coefficient (Wildman–Crippen LogP) is -0.771. The van der Waals surface area contributed by atoms with Crippen LogP contribution in [0, 0.1) is 5.92 Å². The average Bonchev–Trinajstić information content (AvgIpc) is 2.83. The summed E-state index contributed by atoms with van der Waals surface area (Å²) in [5, 5.41) is 4.90. The first-order valence-corrected chi connectivity index (χ1v) is 4.77. The molecule has 1 aliphatic rings. The van der Waals surface area contributed by atoms with Crippen LogP contribution in [0.3, 0.4) is 0 Å². The zero-order valence-corrected chi connectivity index (χ0v) is 8.65. The number of methoxy groups -OCH3 is 1. The van der Waals surface area contributed by atoms with Crippen LogP contribution in [0.1, 0.15) is 6.42 Å². The van der Waals surface area contributed by atoms with E-state index in [0.717, 1.165) is 0 Å². The van der Waals surface area contributed by atoms with E-state index in [4.69, 9.17) is 0 Å². The van der Waals surface area contributed by atoms with Gasteiger partial charge >= 0.3 is 5.97 Å². The lowest BCUT2D eigenvalue weighted by Crippen LogP contribution is -2.26. The van der Waals surface area contributed by atoms with E-state index in [-0.39, 0.29) is 24.4 Å². The molecule has 1 atom stereocenters. The van der Waals surface area contributed by atoms with Gasteiger partial charge in [-0.05, 0) is 0 Å². The Morgan fingerprint density at radius 1 is 1.50 bits per heavy atom. The Bertz CT molecular complexity index is 475. The first kappa shape index (κ1) is 10.5. The third-order valence-corrected chi connectivity index (χ3v) is 2.53. The van der Waals surface area contributed by atoms with Gasteiger partial charge in [0.2, 0.25) is 5.91 Å². The van der Waals surface area contributed by atoms with E-state index in [2.05, 4.69) is 14.9 Å². The molecule has 0 radical (unpaired) electrons. The van der Waals surface area contributed by atoms with Crippen molar-refractivity contribution < 1.29 is 14.3 Å². The lowest BCUT2D eigenvalue weighted by molar-refractivity contribution is -0.145. The number of aromatic nitrogens is 2. The van der Waals surface area contributed by atoms with Gasteiger partial charge in [0.25, 0.3) is 5.56 Å². The van der Waals surface area contributed by atoms with Crippen molar-refractivity contribution in [2.75, 3.05) is 18.6 Å². The van der Waals surface area contributed by atoms with Crippen LogP contribution in [0.15, 0.2) is 10.9 Å². The quantitative estimate of drug-likeness (QED) is 0.646.